The Morgan fingerprint density at radius 3 is 2.48 bits per heavy atom. The van der Waals surface area contributed by atoms with Gasteiger partial charge in [0.2, 0.25) is 17.7 Å². The third kappa shape index (κ3) is 7.36. The standard InChI is InChI=1S/C22H32N4O5/c1-14(2)11-16(23)21(29)26-10-6-9-18(26)20(28)24-13-19(27)25-17(22(30)31)12-15-7-4-3-5-8-15/h3-5,7-8,14,16-18H,6,9-13,23H2,1-2H3,(H,24,28)(H,25,27)(H,30,31). The van der Waals surface area contributed by atoms with E-state index in [2.05, 4.69) is 10.6 Å². The Balaban J connectivity index is 1.87. The molecule has 2 rings (SSSR count). The molecule has 0 aromatic heterocycles. The van der Waals surface area contributed by atoms with E-state index in [9.17, 15) is 24.3 Å². The number of nitrogens with one attached hydrogen (secondary N) is 2. The molecule has 3 unspecified atom stereocenters. The smallest absolute Gasteiger partial charge is 0.326 e. The summed E-state index contributed by atoms with van der Waals surface area (Å²) in [6, 6.07) is 6.52. The van der Waals surface area contributed by atoms with E-state index in [4.69, 9.17) is 5.73 Å². The van der Waals surface area contributed by atoms with Gasteiger partial charge in [0.25, 0.3) is 0 Å². The van der Waals surface area contributed by atoms with Gasteiger partial charge in [-0.05, 0) is 30.7 Å². The lowest BCUT2D eigenvalue weighted by atomic mass is 10.0. The lowest BCUT2D eigenvalue weighted by molar-refractivity contribution is -0.142. The number of aliphatic carboxylic acids is 1. The number of carbonyl (C=O) groups is 4. The number of nitrogens with zero attached hydrogens (tertiary/aromatic N) is 1. The Labute approximate surface area is 182 Å². The zero-order valence-corrected chi connectivity index (χ0v) is 18.0. The van der Waals surface area contributed by atoms with Crippen LogP contribution in [0.2, 0.25) is 0 Å². The summed E-state index contributed by atoms with van der Waals surface area (Å²) in [5, 5.41) is 14.3. The van der Waals surface area contributed by atoms with E-state index in [-0.39, 0.29) is 24.8 Å². The lowest BCUT2D eigenvalue weighted by Gasteiger charge is -2.27. The highest BCUT2D eigenvalue weighted by molar-refractivity contribution is 5.93. The quantitative estimate of drug-likeness (QED) is 0.418. The summed E-state index contributed by atoms with van der Waals surface area (Å²) in [5.41, 5.74) is 6.76. The normalized spacial score (nSPS) is 17.8. The van der Waals surface area contributed by atoms with Crippen LogP contribution in [0.15, 0.2) is 30.3 Å². The molecule has 1 saturated heterocycles. The molecule has 1 aliphatic rings. The van der Waals surface area contributed by atoms with Crippen LogP contribution in [0.3, 0.4) is 0 Å². The van der Waals surface area contributed by atoms with Gasteiger partial charge < -0.3 is 26.4 Å². The Kier molecular flexibility index (Phi) is 8.99. The maximum Gasteiger partial charge on any atom is 0.326 e. The molecule has 1 fully saturated rings. The van der Waals surface area contributed by atoms with Gasteiger partial charge >= 0.3 is 5.97 Å². The number of hydrogen-bond acceptors (Lipinski definition) is 5. The van der Waals surface area contributed by atoms with Crippen LogP contribution in [-0.2, 0) is 25.6 Å². The Hall–Kier alpha value is -2.94. The van der Waals surface area contributed by atoms with Crippen LogP contribution < -0.4 is 16.4 Å². The first-order chi connectivity index (χ1) is 14.7. The van der Waals surface area contributed by atoms with Gasteiger partial charge in [-0.2, -0.15) is 0 Å². The molecule has 9 heteroatoms. The predicted molar refractivity (Wildman–Crippen MR) is 115 cm³/mol. The van der Waals surface area contributed by atoms with Crippen LogP contribution in [0.25, 0.3) is 0 Å². The van der Waals surface area contributed by atoms with Gasteiger partial charge in [-0.15, -0.1) is 0 Å². The molecule has 5 N–H and O–H groups in total. The first kappa shape index (κ1) is 24.3. The molecule has 1 aliphatic heterocycles. The molecule has 0 spiro atoms. The van der Waals surface area contributed by atoms with Gasteiger partial charge in [0.1, 0.15) is 12.1 Å². The molecular formula is C22H32N4O5. The zero-order valence-electron chi connectivity index (χ0n) is 18.0. The van der Waals surface area contributed by atoms with Gasteiger partial charge in [0.15, 0.2) is 0 Å². The van der Waals surface area contributed by atoms with Crippen molar-refractivity contribution in [1.29, 1.82) is 0 Å². The van der Waals surface area contributed by atoms with Crippen molar-refractivity contribution >= 4 is 23.7 Å². The van der Waals surface area contributed by atoms with Crippen LogP contribution in [0.4, 0.5) is 0 Å². The van der Waals surface area contributed by atoms with E-state index >= 15 is 0 Å². The van der Waals surface area contributed by atoms with Crippen molar-refractivity contribution in [1.82, 2.24) is 15.5 Å². The highest BCUT2D eigenvalue weighted by Gasteiger charge is 2.36. The van der Waals surface area contributed by atoms with Crippen molar-refractivity contribution in [2.24, 2.45) is 11.7 Å². The van der Waals surface area contributed by atoms with E-state index in [1.807, 2.05) is 19.9 Å². The molecule has 0 bridgehead atoms. The fourth-order valence-electron chi connectivity index (χ4n) is 3.71. The SMILES string of the molecule is CC(C)CC(N)C(=O)N1CCCC1C(=O)NCC(=O)NC(Cc1ccccc1)C(=O)O. The van der Waals surface area contributed by atoms with Crippen molar-refractivity contribution in [3.8, 4) is 0 Å². The molecule has 0 saturated carbocycles. The summed E-state index contributed by atoms with van der Waals surface area (Å²) in [5.74, 6) is -2.20. The summed E-state index contributed by atoms with van der Waals surface area (Å²) >= 11 is 0. The van der Waals surface area contributed by atoms with E-state index < -0.39 is 35.9 Å². The number of carboxylic acids is 1. The van der Waals surface area contributed by atoms with Gasteiger partial charge in [-0.1, -0.05) is 44.2 Å². The molecule has 1 aromatic carbocycles. The Bertz CT molecular complexity index is 783. The van der Waals surface area contributed by atoms with E-state index in [1.54, 1.807) is 24.3 Å². The van der Waals surface area contributed by atoms with Crippen LogP contribution in [0, 0.1) is 5.92 Å². The number of benzene rings is 1. The van der Waals surface area contributed by atoms with Crippen molar-refractivity contribution in [2.75, 3.05) is 13.1 Å². The number of carboxylic acid groups (broad SMARTS) is 1. The number of carbonyl (C=O) groups excluding carboxylic acids is 3. The van der Waals surface area contributed by atoms with Crippen LogP contribution in [0.5, 0.6) is 0 Å². The summed E-state index contributed by atoms with van der Waals surface area (Å²) in [6.07, 6.45) is 1.85. The second-order valence-electron chi connectivity index (χ2n) is 8.29. The average molecular weight is 433 g/mol. The van der Waals surface area contributed by atoms with Gasteiger partial charge in [-0.3, -0.25) is 14.4 Å². The van der Waals surface area contributed by atoms with Crippen LogP contribution in [0.1, 0.15) is 38.7 Å². The maximum absolute atomic E-state index is 12.6. The Morgan fingerprint density at radius 2 is 1.87 bits per heavy atom. The van der Waals surface area contributed by atoms with Crippen LogP contribution >= 0.6 is 0 Å². The fourth-order valence-corrected chi connectivity index (χ4v) is 3.71. The van der Waals surface area contributed by atoms with Crippen LogP contribution in [-0.4, -0.2) is 64.9 Å². The predicted octanol–water partition coefficient (Wildman–Crippen LogP) is 0.279. The molecule has 0 radical (unpaired) electrons. The fraction of sp³-hybridized carbons (Fsp3) is 0.545. The second kappa shape index (κ2) is 11.5. The molecule has 3 amide bonds. The monoisotopic (exact) mass is 432 g/mol. The van der Waals surface area contributed by atoms with Crippen molar-refractivity contribution < 1.29 is 24.3 Å². The second-order valence-corrected chi connectivity index (χ2v) is 8.29. The third-order valence-corrected chi connectivity index (χ3v) is 5.22. The van der Waals surface area contributed by atoms with Gasteiger partial charge in [0, 0.05) is 13.0 Å². The summed E-state index contributed by atoms with van der Waals surface area (Å²) < 4.78 is 0. The molecule has 9 nitrogen and oxygen atoms in total. The molecule has 3 atom stereocenters. The zero-order chi connectivity index (χ0) is 23.0. The number of likely N-dealkylation sites (tertiary alicyclic amines) is 1. The maximum atomic E-state index is 12.6. The topological polar surface area (TPSA) is 142 Å². The van der Waals surface area contributed by atoms with Gasteiger partial charge in [0.05, 0.1) is 12.6 Å². The molecule has 31 heavy (non-hydrogen) atoms. The highest BCUT2D eigenvalue weighted by atomic mass is 16.4. The minimum absolute atomic E-state index is 0.133. The minimum atomic E-state index is -1.16. The average Bonchev–Trinajstić information content (AvgIpc) is 3.21. The first-order valence-corrected chi connectivity index (χ1v) is 10.6. The minimum Gasteiger partial charge on any atom is -0.480 e. The van der Waals surface area contributed by atoms with Crippen molar-refractivity contribution in [2.45, 2.75) is 57.7 Å². The number of nitrogens with two attached hydrogens (primary N) is 1. The van der Waals surface area contributed by atoms with Crippen molar-refractivity contribution in [3.63, 3.8) is 0 Å². The van der Waals surface area contributed by atoms with E-state index in [0.717, 1.165) is 5.56 Å². The lowest BCUT2D eigenvalue weighted by Crippen LogP contribution is -2.53. The summed E-state index contributed by atoms with van der Waals surface area (Å²) in [7, 11) is 0. The highest BCUT2D eigenvalue weighted by Crippen LogP contribution is 2.19. The molecule has 1 aromatic rings. The number of amides is 3. The Morgan fingerprint density at radius 1 is 1.19 bits per heavy atom. The first-order valence-electron chi connectivity index (χ1n) is 10.6. The molecule has 0 aliphatic carbocycles. The van der Waals surface area contributed by atoms with Crippen molar-refractivity contribution in [3.05, 3.63) is 35.9 Å². The van der Waals surface area contributed by atoms with E-state index in [1.165, 1.54) is 4.90 Å². The summed E-state index contributed by atoms with van der Waals surface area (Å²) in [6.45, 7) is 4.03. The summed E-state index contributed by atoms with van der Waals surface area (Å²) in [4.78, 5) is 50.4. The number of rotatable bonds is 10. The van der Waals surface area contributed by atoms with Gasteiger partial charge in [-0.25, -0.2) is 4.79 Å². The third-order valence-electron chi connectivity index (χ3n) is 5.22. The molecule has 170 valence electrons. The van der Waals surface area contributed by atoms with E-state index in [0.29, 0.717) is 25.8 Å². The molecular weight excluding hydrogens is 400 g/mol. The largest absolute Gasteiger partial charge is 0.480 e. The molecule has 1 heterocycles. The number of hydrogen-bond donors (Lipinski definition) is 4.